The fourth-order valence-corrected chi connectivity index (χ4v) is 1.81. The number of aromatic carboxylic acids is 1. The number of nitrogens with zero attached hydrogens (tertiary/aromatic N) is 2. The van der Waals surface area contributed by atoms with Crippen LogP contribution in [0.4, 0.5) is 5.69 Å². The molecular weight excluding hydrogens is 240 g/mol. The molecule has 0 aliphatic carbocycles. The predicted molar refractivity (Wildman–Crippen MR) is 61.9 cm³/mol. The molecule has 2 aromatic rings. The molecule has 0 radical (unpaired) electrons. The van der Waals surface area contributed by atoms with Gasteiger partial charge in [0.1, 0.15) is 5.69 Å². The average Bonchev–Trinajstić information content (AvgIpc) is 2.66. The molecule has 1 aromatic heterocycles. The molecule has 0 saturated heterocycles. The van der Waals surface area contributed by atoms with Crippen LogP contribution in [0.5, 0.6) is 0 Å². The van der Waals surface area contributed by atoms with Gasteiger partial charge < -0.3 is 5.11 Å². The van der Waals surface area contributed by atoms with E-state index in [1.54, 1.807) is 0 Å². The van der Waals surface area contributed by atoms with Crippen LogP contribution >= 0.6 is 0 Å². The zero-order valence-electron chi connectivity index (χ0n) is 9.28. The van der Waals surface area contributed by atoms with Gasteiger partial charge in [-0.05, 0) is 12.1 Å². The Hall–Kier alpha value is -2.70. The van der Waals surface area contributed by atoms with Gasteiger partial charge in [-0.25, -0.2) is 4.79 Å². The normalized spacial score (nSPS) is 10.5. The summed E-state index contributed by atoms with van der Waals surface area (Å²) in [6.45, 7) is 1.23. The summed E-state index contributed by atoms with van der Waals surface area (Å²) in [6.07, 6.45) is 0. The van der Waals surface area contributed by atoms with E-state index in [1.807, 2.05) is 0 Å². The maximum atomic E-state index is 11.4. The van der Waals surface area contributed by atoms with Crippen LogP contribution in [0.2, 0.25) is 0 Å². The van der Waals surface area contributed by atoms with Crippen molar-refractivity contribution in [3.8, 4) is 0 Å². The highest BCUT2D eigenvalue weighted by atomic mass is 16.6. The highest BCUT2D eigenvalue weighted by molar-refractivity contribution is 6.02. The highest BCUT2D eigenvalue weighted by Crippen LogP contribution is 2.24. The minimum absolute atomic E-state index is 0.153. The molecule has 1 heterocycles. The zero-order valence-corrected chi connectivity index (χ0v) is 9.28. The molecule has 2 rings (SSSR count). The summed E-state index contributed by atoms with van der Waals surface area (Å²) in [5.41, 5.74) is -0.0244. The van der Waals surface area contributed by atoms with Crippen LogP contribution in [0.1, 0.15) is 22.2 Å². The van der Waals surface area contributed by atoms with Crippen molar-refractivity contribution in [3.05, 3.63) is 40.1 Å². The quantitative estimate of drug-likeness (QED) is 0.645. The van der Waals surface area contributed by atoms with E-state index in [1.165, 1.54) is 31.2 Å². The minimum Gasteiger partial charge on any atom is -0.477 e. The molecule has 7 heteroatoms. The molecule has 0 bridgehead atoms. The van der Waals surface area contributed by atoms with Crippen LogP contribution in [0.25, 0.3) is 10.9 Å². The summed E-state index contributed by atoms with van der Waals surface area (Å²) in [4.78, 5) is 32.5. The van der Waals surface area contributed by atoms with Crippen LogP contribution in [0, 0.1) is 10.1 Å². The van der Waals surface area contributed by atoms with Crippen LogP contribution in [0.3, 0.4) is 0 Å². The maximum absolute atomic E-state index is 11.4. The molecule has 1 N–H and O–H groups in total. The lowest BCUT2D eigenvalue weighted by atomic mass is 10.2. The Morgan fingerprint density at radius 2 is 2.00 bits per heavy atom. The number of aromatic nitrogens is 1. The first-order valence-corrected chi connectivity index (χ1v) is 4.96. The van der Waals surface area contributed by atoms with E-state index in [9.17, 15) is 19.7 Å². The van der Waals surface area contributed by atoms with E-state index >= 15 is 0 Å². The second kappa shape index (κ2) is 3.95. The van der Waals surface area contributed by atoms with Gasteiger partial charge in [0.25, 0.3) is 5.69 Å². The van der Waals surface area contributed by atoms with Gasteiger partial charge in [0.05, 0.1) is 10.4 Å². The number of rotatable bonds is 2. The third-order valence-corrected chi connectivity index (χ3v) is 2.53. The largest absolute Gasteiger partial charge is 0.477 e. The minimum atomic E-state index is -1.26. The lowest BCUT2D eigenvalue weighted by Gasteiger charge is -2.02. The van der Waals surface area contributed by atoms with Gasteiger partial charge in [-0.3, -0.25) is 19.5 Å². The smallest absolute Gasteiger partial charge is 0.352 e. The number of carboxylic acid groups (broad SMARTS) is 1. The van der Waals surface area contributed by atoms with E-state index in [0.29, 0.717) is 10.9 Å². The first kappa shape index (κ1) is 11.8. The summed E-state index contributed by atoms with van der Waals surface area (Å²) in [7, 11) is 0. The first-order valence-electron chi connectivity index (χ1n) is 4.96. The maximum Gasteiger partial charge on any atom is 0.352 e. The number of non-ortho nitro benzene ring substituents is 1. The summed E-state index contributed by atoms with van der Waals surface area (Å²) in [5, 5.41) is 20.0. The zero-order chi connectivity index (χ0) is 13.4. The summed E-state index contributed by atoms with van der Waals surface area (Å²) >= 11 is 0. The van der Waals surface area contributed by atoms with Gasteiger partial charge >= 0.3 is 5.97 Å². The van der Waals surface area contributed by atoms with Crippen molar-refractivity contribution in [1.82, 2.24) is 4.57 Å². The molecule has 0 amide bonds. The number of carbonyl (C=O) groups is 2. The topological polar surface area (TPSA) is 102 Å². The number of hydrogen-bond acceptors (Lipinski definition) is 4. The predicted octanol–water partition coefficient (Wildman–Crippen LogP) is 1.91. The number of carbonyl (C=O) groups excluding carboxylic acids is 1. The van der Waals surface area contributed by atoms with Gasteiger partial charge in [0.2, 0.25) is 5.91 Å². The molecule has 7 nitrogen and oxygen atoms in total. The number of hydrogen-bond donors (Lipinski definition) is 1. The first-order chi connectivity index (χ1) is 8.41. The van der Waals surface area contributed by atoms with Gasteiger partial charge in [-0.15, -0.1) is 0 Å². The van der Waals surface area contributed by atoms with Crippen molar-refractivity contribution in [2.45, 2.75) is 6.92 Å². The van der Waals surface area contributed by atoms with Crippen LogP contribution < -0.4 is 0 Å². The van der Waals surface area contributed by atoms with Crippen LogP contribution in [-0.2, 0) is 0 Å². The Bertz CT molecular complexity index is 686. The van der Waals surface area contributed by atoms with E-state index in [4.69, 9.17) is 5.11 Å². The fraction of sp³-hybridized carbons (Fsp3) is 0.0909. The van der Waals surface area contributed by atoms with Crippen molar-refractivity contribution < 1.29 is 19.6 Å². The Morgan fingerprint density at radius 1 is 1.33 bits per heavy atom. The van der Waals surface area contributed by atoms with Crippen molar-refractivity contribution in [1.29, 1.82) is 0 Å². The highest BCUT2D eigenvalue weighted by Gasteiger charge is 2.19. The molecule has 0 spiro atoms. The van der Waals surface area contributed by atoms with E-state index < -0.39 is 16.8 Å². The molecule has 0 fully saturated rings. The van der Waals surface area contributed by atoms with Crippen LogP contribution in [0.15, 0.2) is 24.3 Å². The SMILES string of the molecule is CC(=O)n1c(C(=O)O)cc2cc([N+](=O)[O-])ccc21. The lowest BCUT2D eigenvalue weighted by molar-refractivity contribution is -0.384. The number of nitro groups is 1. The number of benzene rings is 1. The molecule has 0 saturated carbocycles. The number of fused-ring (bicyclic) bond motifs is 1. The molecule has 92 valence electrons. The Kier molecular flexibility index (Phi) is 2.59. The van der Waals surface area contributed by atoms with Gasteiger partial charge in [0, 0.05) is 24.4 Å². The molecule has 0 unspecified atom stereocenters. The molecule has 18 heavy (non-hydrogen) atoms. The third kappa shape index (κ3) is 1.71. The second-order valence-electron chi connectivity index (χ2n) is 3.69. The monoisotopic (exact) mass is 248 g/mol. The fourth-order valence-electron chi connectivity index (χ4n) is 1.81. The Morgan fingerprint density at radius 3 is 2.50 bits per heavy atom. The van der Waals surface area contributed by atoms with Crippen molar-refractivity contribution in [2.24, 2.45) is 0 Å². The van der Waals surface area contributed by atoms with Gasteiger partial charge in [0.15, 0.2) is 0 Å². The number of nitro benzene ring substituents is 1. The molecular formula is C11H8N2O5. The summed E-state index contributed by atoms with van der Waals surface area (Å²) < 4.78 is 1.02. The molecule has 1 aromatic carbocycles. The summed E-state index contributed by atoms with van der Waals surface area (Å²) in [6, 6.07) is 5.07. The van der Waals surface area contributed by atoms with Crippen molar-refractivity contribution in [3.63, 3.8) is 0 Å². The lowest BCUT2D eigenvalue weighted by Crippen LogP contribution is -2.13. The second-order valence-corrected chi connectivity index (χ2v) is 3.69. The van der Waals surface area contributed by atoms with Crippen LogP contribution in [-0.4, -0.2) is 26.5 Å². The van der Waals surface area contributed by atoms with E-state index in [2.05, 4.69) is 0 Å². The summed E-state index contributed by atoms with van der Waals surface area (Å²) in [5.74, 6) is -1.72. The average molecular weight is 248 g/mol. The number of carboxylic acids is 1. The Balaban J connectivity index is 2.80. The standard InChI is InChI=1S/C11H8N2O5/c1-6(14)12-9-3-2-8(13(17)18)4-7(9)5-10(12)11(15)16/h2-5H,1H3,(H,15,16). The molecule has 0 aliphatic heterocycles. The Labute approximate surface area is 100 Å². The van der Waals surface area contributed by atoms with Gasteiger partial charge in [-0.2, -0.15) is 0 Å². The third-order valence-electron chi connectivity index (χ3n) is 2.53. The van der Waals surface area contributed by atoms with E-state index in [-0.39, 0.29) is 11.4 Å². The van der Waals surface area contributed by atoms with Crippen molar-refractivity contribution in [2.75, 3.05) is 0 Å². The van der Waals surface area contributed by atoms with E-state index in [0.717, 1.165) is 4.57 Å². The molecule has 0 aliphatic rings. The van der Waals surface area contributed by atoms with Crippen molar-refractivity contribution >= 4 is 28.5 Å². The molecule has 0 atom stereocenters. The van der Waals surface area contributed by atoms with Gasteiger partial charge in [-0.1, -0.05) is 0 Å².